The Morgan fingerprint density at radius 2 is 2.33 bits per heavy atom. The first-order valence-electron chi connectivity index (χ1n) is 7.04. The number of hydrazone groups is 1. The number of methoxy groups -OCH3 is 1. The van der Waals surface area contributed by atoms with E-state index in [-0.39, 0.29) is 6.04 Å². The Kier molecular flexibility index (Phi) is 5.32. The summed E-state index contributed by atoms with van der Waals surface area (Å²) < 4.78 is 5.44. The maximum atomic E-state index is 5.44. The van der Waals surface area contributed by atoms with E-state index in [0.717, 1.165) is 29.0 Å². The number of hydrogen-bond donors (Lipinski definition) is 1. The first kappa shape index (κ1) is 15.0. The molecule has 0 saturated carbocycles. The van der Waals surface area contributed by atoms with Crippen LogP contribution in [0.15, 0.2) is 65.3 Å². The lowest BCUT2D eigenvalue weighted by atomic mass is 10.1. The van der Waals surface area contributed by atoms with Gasteiger partial charge < -0.3 is 10.2 Å². The molecule has 0 saturated heterocycles. The average molecular weight is 283 g/mol. The van der Waals surface area contributed by atoms with Gasteiger partial charge in [0.2, 0.25) is 0 Å². The summed E-state index contributed by atoms with van der Waals surface area (Å²) in [6.45, 7) is 4.04. The largest absolute Gasteiger partial charge is 0.496 e. The second-order valence-electron chi connectivity index (χ2n) is 4.85. The minimum atomic E-state index is 0.0720. The van der Waals surface area contributed by atoms with E-state index >= 15 is 0 Å². The monoisotopic (exact) mass is 283 g/mol. The van der Waals surface area contributed by atoms with E-state index < -0.39 is 0 Å². The Hall–Kier alpha value is -2.36. The Labute approximate surface area is 125 Å². The summed E-state index contributed by atoms with van der Waals surface area (Å²) in [5.41, 5.74) is 6.22. The molecule has 1 unspecified atom stereocenters. The van der Waals surface area contributed by atoms with Gasteiger partial charge in [0.25, 0.3) is 0 Å². The van der Waals surface area contributed by atoms with Crippen LogP contribution in [0.25, 0.3) is 0 Å². The molecule has 110 valence electrons. The molecule has 0 aliphatic heterocycles. The molecule has 4 heteroatoms. The van der Waals surface area contributed by atoms with Crippen LogP contribution in [0, 0.1) is 0 Å². The summed E-state index contributed by atoms with van der Waals surface area (Å²) in [6.07, 6.45) is 12.7. The van der Waals surface area contributed by atoms with Gasteiger partial charge in [-0.05, 0) is 32.4 Å². The zero-order valence-electron chi connectivity index (χ0n) is 12.7. The molecule has 0 radical (unpaired) electrons. The van der Waals surface area contributed by atoms with Crippen molar-refractivity contribution < 1.29 is 4.74 Å². The molecule has 1 aromatic rings. The van der Waals surface area contributed by atoms with E-state index in [1.54, 1.807) is 19.5 Å². The van der Waals surface area contributed by atoms with Gasteiger partial charge in [-0.25, -0.2) is 0 Å². The van der Waals surface area contributed by atoms with Gasteiger partial charge in [-0.15, -0.1) is 0 Å². The van der Waals surface area contributed by atoms with Crippen LogP contribution in [0.3, 0.4) is 0 Å². The normalized spacial score (nSPS) is 16.6. The number of ether oxygens (including phenoxy) is 1. The van der Waals surface area contributed by atoms with Crippen LogP contribution in [0.2, 0.25) is 0 Å². The highest BCUT2D eigenvalue weighted by Gasteiger charge is 2.14. The van der Waals surface area contributed by atoms with Crippen molar-refractivity contribution in [2.45, 2.75) is 26.3 Å². The van der Waals surface area contributed by atoms with E-state index in [0.29, 0.717) is 0 Å². The van der Waals surface area contributed by atoms with Gasteiger partial charge in [0.05, 0.1) is 18.9 Å². The molecule has 4 nitrogen and oxygen atoms in total. The Morgan fingerprint density at radius 1 is 1.48 bits per heavy atom. The van der Waals surface area contributed by atoms with E-state index in [1.165, 1.54) is 0 Å². The fourth-order valence-corrected chi connectivity index (χ4v) is 2.11. The molecule has 0 spiro atoms. The first-order chi connectivity index (χ1) is 10.2. The maximum absolute atomic E-state index is 5.44. The predicted molar refractivity (Wildman–Crippen MR) is 86.0 cm³/mol. The number of hydrogen-bond acceptors (Lipinski definition) is 4. The van der Waals surface area contributed by atoms with Crippen molar-refractivity contribution in [3.05, 3.63) is 65.7 Å². The number of nitrogens with zero attached hydrogens (tertiary/aromatic N) is 2. The lowest BCUT2D eigenvalue weighted by Crippen LogP contribution is -2.25. The fourth-order valence-electron chi connectivity index (χ4n) is 2.11. The molecule has 21 heavy (non-hydrogen) atoms. The van der Waals surface area contributed by atoms with Crippen molar-refractivity contribution in [1.82, 2.24) is 10.4 Å². The van der Waals surface area contributed by atoms with Crippen molar-refractivity contribution >= 4 is 5.71 Å². The summed E-state index contributed by atoms with van der Waals surface area (Å²) in [6, 6.07) is 3.97. The van der Waals surface area contributed by atoms with E-state index in [2.05, 4.69) is 34.6 Å². The third-order valence-corrected chi connectivity index (χ3v) is 3.33. The Bertz CT molecular complexity index is 585. The summed E-state index contributed by atoms with van der Waals surface area (Å²) in [7, 11) is 1.69. The highest BCUT2D eigenvalue weighted by atomic mass is 16.5. The summed E-state index contributed by atoms with van der Waals surface area (Å²) in [5, 5.41) is 4.45. The van der Waals surface area contributed by atoms with E-state index in [1.807, 2.05) is 31.2 Å². The number of allylic oxidation sites excluding steroid dienone is 4. The van der Waals surface area contributed by atoms with Crippen LogP contribution in [-0.4, -0.2) is 23.8 Å². The smallest absolute Gasteiger partial charge is 0.123 e. The minimum absolute atomic E-state index is 0.0720. The van der Waals surface area contributed by atoms with Gasteiger partial charge in [0.1, 0.15) is 5.76 Å². The predicted octanol–water partition coefficient (Wildman–Crippen LogP) is 3.20. The molecule has 1 aliphatic rings. The van der Waals surface area contributed by atoms with Crippen LogP contribution < -0.4 is 5.43 Å². The van der Waals surface area contributed by atoms with Crippen LogP contribution >= 0.6 is 0 Å². The lowest BCUT2D eigenvalue weighted by Gasteiger charge is -2.18. The second kappa shape index (κ2) is 7.43. The molecule has 1 N–H and O–H groups in total. The van der Waals surface area contributed by atoms with Gasteiger partial charge in [-0.2, -0.15) is 5.10 Å². The number of pyridine rings is 1. The summed E-state index contributed by atoms with van der Waals surface area (Å²) >= 11 is 0. The van der Waals surface area contributed by atoms with Gasteiger partial charge in [-0.3, -0.25) is 4.98 Å². The third-order valence-electron chi connectivity index (χ3n) is 3.33. The summed E-state index contributed by atoms with van der Waals surface area (Å²) in [4.78, 5) is 4.10. The highest BCUT2D eigenvalue weighted by molar-refractivity contribution is 5.98. The van der Waals surface area contributed by atoms with E-state index in [4.69, 9.17) is 4.74 Å². The zero-order chi connectivity index (χ0) is 15.1. The topological polar surface area (TPSA) is 46.5 Å². The van der Waals surface area contributed by atoms with Crippen molar-refractivity contribution in [2.24, 2.45) is 5.10 Å². The molecule has 1 heterocycles. The first-order valence-corrected chi connectivity index (χ1v) is 7.04. The standard InChI is InChI=1S/C17H21N3O/c1-13(15-8-7-11-18-12-15)19-20-14(2)16-9-5-4-6-10-17(16)21-3/h4,6-12,14,20H,5H2,1-3H3/b19-13+. The summed E-state index contributed by atoms with van der Waals surface area (Å²) in [5.74, 6) is 0.873. The van der Waals surface area contributed by atoms with Crippen LogP contribution in [0.5, 0.6) is 0 Å². The zero-order valence-corrected chi connectivity index (χ0v) is 12.7. The minimum Gasteiger partial charge on any atom is -0.496 e. The molecular formula is C17H21N3O. The second-order valence-corrected chi connectivity index (χ2v) is 4.85. The lowest BCUT2D eigenvalue weighted by molar-refractivity contribution is 0.294. The molecule has 0 bridgehead atoms. The SMILES string of the molecule is COC1=CC=CCC=C1C(C)N/N=C(\C)c1cccnc1. The van der Waals surface area contributed by atoms with E-state index in [9.17, 15) is 0 Å². The van der Waals surface area contributed by atoms with Gasteiger partial charge in [-0.1, -0.05) is 24.3 Å². The molecule has 1 aromatic heterocycles. The van der Waals surface area contributed by atoms with Crippen molar-refractivity contribution in [1.29, 1.82) is 0 Å². The molecule has 0 amide bonds. The maximum Gasteiger partial charge on any atom is 0.123 e. The Balaban J connectivity index is 2.08. The molecule has 0 fully saturated rings. The number of rotatable bonds is 5. The molecular weight excluding hydrogens is 262 g/mol. The highest BCUT2D eigenvalue weighted by Crippen LogP contribution is 2.19. The van der Waals surface area contributed by atoms with Crippen molar-refractivity contribution in [3.8, 4) is 0 Å². The molecule has 0 aromatic carbocycles. The molecule has 1 atom stereocenters. The molecule has 1 aliphatic carbocycles. The van der Waals surface area contributed by atoms with Gasteiger partial charge in [0, 0.05) is 23.5 Å². The Morgan fingerprint density at radius 3 is 3.05 bits per heavy atom. The van der Waals surface area contributed by atoms with Crippen molar-refractivity contribution in [2.75, 3.05) is 7.11 Å². The average Bonchev–Trinajstić information content (AvgIpc) is 2.78. The van der Waals surface area contributed by atoms with Crippen LogP contribution in [0.1, 0.15) is 25.8 Å². The third kappa shape index (κ3) is 4.05. The van der Waals surface area contributed by atoms with Crippen molar-refractivity contribution in [3.63, 3.8) is 0 Å². The van der Waals surface area contributed by atoms with Gasteiger partial charge >= 0.3 is 0 Å². The molecule has 2 rings (SSSR count). The quantitative estimate of drug-likeness (QED) is 0.667. The number of aromatic nitrogens is 1. The number of nitrogens with one attached hydrogen (secondary N) is 1. The van der Waals surface area contributed by atoms with Crippen LogP contribution in [0.4, 0.5) is 0 Å². The van der Waals surface area contributed by atoms with Gasteiger partial charge in [0.15, 0.2) is 0 Å². The van der Waals surface area contributed by atoms with Crippen LogP contribution in [-0.2, 0) is 4.74 Å². The fraction of sp³-hybridized carbons (Fsp3) is 0.294.